The van der Waals surface area contributed by atoms with Crippen LogP contribution in [0.3, 0.4) is 0 Å². The molecule has 0 aliphatic rings. The number of rotatable bonds is 1. The zero-order valence-corrected chi connectivity index (χ0v) is 6.45. The summed E-state index contributed by atoms with van der Waals surface area (Å²) in [6.45, 7) is 5.97. The Kier molecular flexibility index (Phi) is 2.92. The first-order valence-corrected chi connectivity index (χ1v) is 3.07. The van der Waals surface area contributed by atoms with Crippen LogP contribution >= 0.6 is 15.8 Å². The smallest absolute Gasteiger partial charge is 0.381 e. The van der Waals surface area contributed by atoms with E-state index in [9.17, 15) is 0 Å². The van der Waals surface area contributed by atoms with Crippen molar-refractivity contribution in [3.05, 3.63) is 0 Å². The van der Waals surface area contributed by atoms with Crippen molar-refractivity contribution in [2.45, 2.75) is 26.4 Å². The van der Waals surface area contributed by atoms with E-state index in [-0.39, 0.29) is 5.60 Å². The Labute approximate surface area is 53.7 Å². The molecular formula is C4H9BBrO. The monoisotopic (exact) mass is 163 g/mol. The molecule has 0 saturated carbocycles. The number of hydrogen-bond acceptors (Lipinski definition) is 1. The summed E-state index contributed by atoms with van der Waals surface area (Å²) in [5.74, 6) is 0. The number of hydrogen-bond donors (Lipinski definition) is 0. The normalized spacial score (nSPS) is 11.4. The molecule has 0 amide bonds. The summed E-state index contributed by atoms with van der Waals surface area (Å²) in [6.07, 6.45) is 1.52. The second kappa shape index (κ2) is 2.73. The van der Waals surface area contributed by atoms with Gasteiger partial charge in [-0.1, -0.05) is 0 Å². The average molecular weight is 164 g/mol. The highest BCUT2D eigenvalue weighted by molar-refractivity contribution is 9.23. The van der Waals surface area contributed by atoms with Crippen molar-refractivity contribution in [3.8, 4) is 0 Å². The molecule has 41 valence electrons. The summed E-state index contributed by atoms with van der Waals surface area (Å²) < 4.78 is 5.02. The van der Waals surface area contributed by atoms with Gasteiger partial charge in [-0.25, -0.2) is 0 Å². The second-order valence-electron chi connectivity index (χ2n) is 2.32. The first kappa shape index (κ1) is 7.50. The molecule has 0 heterocycles. The van der Waals surface area contributed by atoms with Crippen LogP contribution in [0.5, 0.6) is 0 Å². The van der Waals surface area contributed by atoms with Gasteiger partial charge in [0.2, 0.25) is 0 Å². The van der Waals surface area contributed by atoms with Gasteiger partial charge in [0, 0.05) is 5.60 Å². The lowest BCUT2D eigenvalue weighted by molar-refractivity contribution is 0.145. The summed E-state index contributed by atoms with van der Waals surface area (Å²) in [4.78, 5) is 0. The molecule has 0 bridgehead atoms. The third kappa shape index (κ3) is 6.50. The molecular weight excluding hydrogens is 155 g/mol. The molecule has 1 nitrogen and oxygen atoms in total. The van der Waals surface area contributed by atoms with E-state index in [0.717, 1.165) is 0 Å². The fourth-order valence-corrected chi connectivity index (χ4v) is 0.694. The SMILES string of the molecule is CC(C)(C)O[B]Br. The van der Waals surface area contributed by atoms with E-state index >= 15 is 0 Å². The van der Waals surface area contributed by atoms with Gasteiger partial charge in [-0.2, -0.15) is 0 Å². The predicted molar refractivity (Wildman–Crippen MR) is 35.5 cm³/mol. The van der Waals surface area contributed by atoms with Gasteiger partial charge in [0.1, 0.15) is 0 Å². The molecule has 0 N–H and O–H groups in total. The van der Waals surface area contributed by atoms with Crippen LogP contribution in [-0.2, 0) is 4.65 Å². The van der Waals surface area contributed by atoms with Crippen molar-refractivity contribution in [2.75, 3.05) is 0 Å². The lowest BCUT2D eigenvalue weighted by Gasteiger charge is -2.16. The summed E-state index contributed by atoms with van der Waals surface area (Å²) in [5.41, 5.74) is -0.0521. The van der Waals surface area contributed by atoms with Gasteiger partial charge in [0.05, 0.1) is 0 Å². The predicted octanol–water partition coefficient (Wildman–Crippen LogP) is 1.73. The van der Waals surface area contributed by atoms with Gasteiger partial charge < -0.3 is 4.65 Å². The maximum absolute atomic E-state index is 5.02. The molecule has 0 unspecified atom stereocenters. The van der Waals surface area contributed by atoms with E-state index in [2.05, 4.69) is 15.8 Å². The highest BCUT2D eigenvalue weighted by Crippen LogP contribution is 2.05. The molecule has 0 saturated heterocycles. The molecule has 7 heavy (non-hydrogen) atoms. The highest BCUT2D eigenvalue weighted by Gasteiger charge is 2.07. The average Bonchev–Trinajstić information content (AvgIpc) is 1.30. The van der Waals surface area contributed by atoms with Gasteiger partial charge in [-0.05, 0) is 20.8 Å². The van der Waals surface area contributed by atoms with Crippen molar-refractivity contribution in [3.63, 3.8) is 0 Å². The Morgan fingerprint density at radius 3 is 1.86 bits per heavy atom. The quantitative estimate of drug-likeness (QED) is 0.536. The van der Waals surface area contributed by atoms with Crippen LogP contribution in [0.2, 0.25) is 0 Å². The molecule has 3 heteroatoms. The zero-order chi connectivity index (χ0) is 5.91. The molecule has 0 atom stereocenters. The van der Waals surface area contributed by atoms with Crippen molar-refractivity contribution in [1.82, 2.24) is 0 Å². The van der Waals surface area contributed by atoms with Gasteiger partial charge in [0.25, 0.3) is 0 Å². The summed E-state index contributed by atoms with van der Waals surface area (Å²) in [7, 11) is 0. The third-order valence-corrected chi connectivity index (χ3v) is 0.585. The maximum Gasteiger partial charge on any atom is 0.381 e. The molecule has 1 radical (unpaired) electrons. The van der Waals surface area contributed by atoms with Gasteiger partial charge in [0.15, 0.2) is 0 Å². The van der Waals surface area contributed by atoms with E-state index < -0.39 is 0 Å². The summed E-state index contributed by atoms with van der Waals surface area (Å²) >= 11 is 3.04. The van der Waals surface area contributed by atoms with Crippen molar-refractivity contribution in [1.29, 1.82) is 0 Å². The summed E-state index contributed by atoms with van der Waals surface area (Å²) in [6, 6.07) is 0. The molecule has 0 aliphatic carbocycles. The maximum atomic E-state index is 5.02. The van der Waals surface area contributed by atoms with E-state index in [1.807, 2.05) is 20.8 Å². The fourth-order valence-electron chi connectivity index (χ4n) is 0.134. The minimum Gasteiger partial charge on any atom is -0.424 e. The summed E-state index contributed by atoms with van der Waals surface area (Å²) in [5, 5.41) is 0. The largest absolute Gasteiger partial charge is 0.424 e. The minimum atomic E-state index is -0.0521. The molecule has 0 rings (SSSR count). The van der Waals surface area contributed by atoms with E-state index in [1.165, 1.54) is 6.31 Å². The molecule has 0 aromatic rings. The van der Waals surface area contributed by atoms with E-state index in [0.29, 0.717) is 0 Å². The van der Waals surface area contributed by atoms with Crippen molar-refractivity contribution < 1.29 is 4.65 Å². The molecule has 0 aromatic carbocycles. The molecule has 0 fully saturated rings. The minimum absolute atomic E-state index is 0.0521. The van der Waals surface area contributed by atoms with E-state index in [4.69, 9.17) is 4.65 Å². The Morgan fingerprint density at radius 1 is 1.43 bits per heavy atom. The van der Waals surface area contributed by atoms with Crippen LogP contribution < -0.4 is 0 Å². The lowest BCUT2D eigenvalue weighted by Crippen LogP contribution is -2.19. The standard InChI is InChI=1S/C4H9BBrO/c1-4(2,3)7-5-6/h1-3H3. The Bertz CT molecular complexity index is 50.1. The first-order chi connectivity index (χ1) is 3.06. The van der Waals surface area contributed by atoms with E-state index in [1.54, 1.807) is 0 Å². The zero-order valence-electron chi connectivity index (χ0n) is 4.86. The van der Waals surface area contributed by atoms with Crippen molar-refractivity contribution >= 4 is 22.1 Å². The topological polar surface area (TPSA) is 9.23 Å². The number of halogens is 1. The van der Waals surface area contributed by atoms with Crippen LogP contribution in [0, 0.1) is 0 Å². The van der Waals surface area contributed by atoms with Crippen LogP contribution in [-0.4, -0.2) is 11.9 Å². The fraction of sp³-hybridized carbons (Fsp3) is 1.00. The van der Waals surface area contributed by atoms with Crippen LogP contribution in [0.1, 0.15) is 20.8 Å². The Hall–Kier alpha value is 0.505. The van der Waals surface area contributed by atoms with Crippen LogP contribution in [0.15, 0.2) is 0 Å². The first-order valence-electron chi connectivity index (χ1n) is 2.16. The second-order valence-corrected chi connectivity index (χ2v) is 2.69. The van der Waals surface area contributed by atoms with Crippen LogP contribution in [0.25, 0.3) is 0 Å². The molecule has 0 aromatic heterocycles. The van der Waals surface area contributed by atoms with Crippen molar-refractivity contribution in [2.24, 2.45) is 0 Å². The molecule has 0 aliphatic heterocycles. The Balaban J connectivity index is 3.15. The van der Waals surface area contributed by atoms with Crippen LogP contribution in [0.4, 0.5) is 0 Å². The Morgan fingerprint density at radius 2 is 1.86 bits per heavy atom. The third-order valence-electron chi connectivity index (χ3n) is 0.398. The van der Waals surface area contributed by atoms with Gasteiger partial charge in [-0.3, -0.25) is 0 Å². The van der Waals surface area contributed by atoms with Gasteiger partial charge in [-0.15, -0.1) is 15.8 Å². The lowest BCUT2D eigenvalue weighted by atomic mass is 10.2. The van der Waals surface area contributed by atoms with Gasteiger partial charge >= 0.3 is 6.31 Å². The molecule has 0 spiro atoms. The highest BCUT2D eigenvalue weighted by atomic mass is 79.9.